The minimum atomic E-state index is -0.419. The van der Waals surface area contributed by atoms with Gasteiger partial charge in [0.2, 0.25) is 5.91 Å². The molecular weight excluding hydrogens is 411 g/mol. The summed E-state index contributed by atoms with van der Waals surface area (Å²) in [5, 5.41) is 7.90. The molecule has 0 bridgehead atoms. The normalized spacial score (nSPS) is 10.9. The highest BCUT2D eigenvalue weighted by Crippen LogP contribution is 2.25. The van der Waals surface area contributed by atoms with Gasteiger partial charge in [-0.1, -0.05) is 6.07 Å². The Labute approximate surface area is 186 Å². The zero-order chi connectivity index (χ0) is 23.1. The summed E-state index contributed by atoms with van der Waals surface area (Å²) in [7, 11) is 0. The van der Waals surface area contributed by atoms with Crippen molar-refractivity contribution in [2.24, 2.45) is 0 Å². The molecule has 0 saturated heterocycles. The number of ether oxygens (including phenoxy) is 1. The number of carbonyl (C=O) groups excluding carboxylic acids is 2. The van der Waals surface area contributed by atoms with E-state index in [1.54, 1.807) is 36.4 Å². The molecule has 7 nitrogen and oxygen atoms in total. The number of pyridine rings is 1. The average Bonchev–Trinajstić information content (AvgIpc) is 2.73. The van der Waals surface area contributed by atoms with Crippen LogP contribution < -0.4 is 20.7 Å². The first kappa shape index (κ1) is 22.7. The lowest BCUT2D eigenvalue weighted by atomic mass is 10.1. The summed E-state index contributed by atoms with van der Waals surface area (Å²) in [5.41, 5.74) is 1.10. The highest BCUT2D eigenvalue weighted by Gasteiger charge is 2.14. The molecule has 0 aliphatic rings. The van der Waals surface area contributed by atoms with Crippen molar-refractivity contribution in [2.75, 3.05) is 11.9 Å². The molecule has 0 aliphatic carbocycles. The molecule has 0 aliphatic heterocycles. The summed E-state index contributed by atoms with van der Waals surface area (Å²) >= 11 is 0. The Hall–Kier alpha value is -3.94. The zero-order valence-electron chi connectivity index (χ0n) is 18.1. The maximum Gasteiger partial charge on any atom is 0.315 e. The Bertz CT molecular complexity index is 1080. The molecule has 3 rings (SSSR count). The number of nitrogens with zero attached hydrogens (tertiary/aromatic N) is 1. The average molecular weight is 436 g/mol. The standard InChI is InChI=1S/C24H25FN4O3/c1-24(2,3)29-23(31)26-15-22(30)28-21-6-4-5-20(27-21)16-7-11-18(12-8-16)32-19-13-9-17(25)10-14-19/h4-14H,15H2,1-3H3,(H2,26,29,31)(H,27,28,30). The van der Waals surface area contributed by atoms with Crippen molar-refractivity contribution in [2.45, 2.75) is 26.3 Å². The molecule has 1 aromatic heterocycles. The quantitative estimate of drug-likeness (QED) is 0.522. The number of hydrogen-bond donors (Lipinski definition) is 3. The predicted molar refractivity (Wildman–Crippen MR) is 121 cm³/mol. The molecule has 0 saturated carbocycles. The first-order valence-electron chi connectivity index (χ1n) is 10.0. The minimum Gasteiger partial charge on any atom is -0.457 e. The van der Waals surface area contributed by atoms with Crippen LogP contribution in [0.15, 0.2) is 66.7 Å². The second-order valence-electron chi connectivity index (χ2n) is 8.09. The Morgan fingerprint density at radius 2 is 1.56 bits per heavy atom. The van der Waals surface area contributed by atoms with Gasteiger partial charge in [0.15, 0.2) is 0 Å². The number of urea groups is 1. The van der Waals surface area contributed by atoms with Gasteiger partial charge in [-0.15, -0.1) is 0 Å². The van der Waals surface area contributed by atoms with Crippen LogP contribution in [0.1, 0.15) is 20.8 Å². The molecule has 0 unspecified atom stereocenters. The third-order valence-electron chi connectivity index (χ3n) is 4.11. The smallest absolute Gasteiger partial charge is 0.315 e. The summed E-state index contributed by atoms with van der Waals surface area (Å²) in [6, 6.07) is 17.9. The summed E-state index contributed by atoms with van der Waals surface area (Å²) in [6.45, 7) is 5.37. The molecule has 0 radical (unpaired) electrons. The van der Waals surface area contributed by atoms with Crippen LogP contribution in [0, 0.1) is 5.82 Å². The van der Waals surface area contributed by atoms with Crippen molar-refractivity contribution in [3.63, 3.8) is 0 Å². The van der Waals surface area contributed by atoms with Crippen LogP contribution in [0.3, 0.4) is 0 Å². The summed E-state index contributed by atoms with van der Waals surface area (Å²) in [6.07, 6.45) is 0. The minimum absolute atomic E-state index is 0.177. The molecule has 8 heteroatoms. The van der Waals surface area contributed by atoms with Gasteiger partial charge in [0.05, 0.1) is 12.2 Å². The van der Waals surface area contributed by atoms with Crippen molar-refractivity contribution < 1.29 is 18.7 Å². The van der Waals surface area contributed by atoms with Crippen molar-refractivity contribution in [3.8, 4) is 22.8 Å². The lowest BCUT2D eigenvalue weighted by Gasteiger charge is -2.20. The Morgan fingerprint density at radius 1 is 0.938 bits per heavy atom. The number of anilines is 1. The number of aromatic nitrogens is 1. The monoisotopic (exact) mass is 436 g/mol. The molecule has 2 aromatic carbocycles. The third kappa shape index (κ3) is 7.09. The fourth-order valence-electron chi connectivity index (χ4n) is 2.73. The van der Waals surface area contributed by atoms with Crippen LogP contribution in [-0.2, 0) is 4.79 Å². The zero-order valence-corrected chi connectivity index (χ0v) is 18.1. The van der Waals surface area contributed by atoms with E-state index in [2.05, 4.69) is 20.9 Å². The van der Waals surface area contributed by atoms with E-state index in [0.717, 1.165) is 5.56 Å². The van der Waals surface area contributed by atoms with Gasteiger partial charge >= 0.3 is 6.03 Å². The lowest BCUT2D eigenvalue weighted by molar-refractivity contribution is -0.115. The number of amides is 3. The molecule has 1 heterocycles. The van der Waals surface area contributed by atoms with Gasteiger partial charge in [-0.05, 0) is 81.4 Å². The predicted octanol–water partition coefficient (Wildman–Crippen LogP) is 4.72. The van der Waals surface area contributed by atoms with Crippen LogP contribution in [-0.4, -0.2) is 29.0 Å². The van der Waals surface area contributed by atoms with Crippen molar-refractivity contribution in [3.05, 3.63) is 72.5 Å². The number of hydrogen-bond acceptors (Lipinski definition) is 4. The number of carbonyl (C=O) groups is 2. The number of halogens is 1. The summed E-state index contributed by atoms with van der Waals surface area (Å²) in [4.78, 5) is 28.4. The second-order valence-corrected chi connectivity index (χ2v) is 8.09. The van der Waals surface area contributed by atoms with Crippen molar-refractivity contribution in [1.29, 1.82) is 0 Å². The second kappa shape index (κ2) is 9.91. The van der Waals surface area contributed by atoms with Gasteiger partial charge < -0.3 is 20.7 Å². The van der Waals surface area contributed by atoms with E-state index in [-0.39, 0.29) is 18.3 Å². The van der Waals surface area contributed by atoms with Crippen LogP contribution >= 0.6 is 0 Å². The summed E-state index contributed by atoms with van der Waals surface area (Å²) in [5.74, 6) is 0.796. The van der Waals surface area contributed by atoms with Crippen molar-refractivity contribution in [1.82, 2.24) is 15.6 Å². The first-order valence-corrected chi connectivity index (χ1v) is 10.0. The van der Waals surface area contributed by atoms with Crippen LogP contribution in [0.2, 0.25) is 0 Å². The Kier molecular flexibility index (Phi) is 7.04. The number of rotatable bonds is 6. The summed E-state index contributed by atoms with van der Waals surface area (Å²) < 4.78 is 18.7. The van der Waals surface area contributed by atoms with Gasteiger partial charge in [-0.25, -0.2) is 14.2 Å². The molecule has 32 heavy (non-hydrogen) atoms. The fourth-order valence-corrected chi connectivity index (χ4v) is 2.73. The molecular formula is C24H25FN4O3. The molecule has 0 fully saturated rings. The molecule has 3 aromatic rings. The van der Waals surface area contributed by atoms with Gasteiger partial charge in [-0.2, -0.15) is 0 Å². The van der Waals surface area contributed by atoms with Crippen LogP contribution in [0.4, 0.5) is 15.0 Å². The molecule has 0 atom stereocenters. The van der Waals surface area contributed by atoms with Gasteiger partial charge in [0, 0.05) is 11.1 Å². The SMILES string of the molecule is CC(C)(C)NC(=O)NCC(=O)Nc1cccc(-c2ccc(Oc3ccc(F)cc3)cc2)n1. The largest absolute Gasteiger partial charge is 0.457 e. The van der Waals surface area contributed by atoms with E-state index >= 15 is 0 Å². The van der Waals surface area contributed by atoms with E-state index in [4.69, 9.17) is 4.74 Å². The van der Waals surface area contributed by atoms with E-state index in [1.165, 1.54) is 12.1 Å². The van der Waals surface area contributed by atoms with E-state index < -0.39 is 11.6 Å². The van der Waals surface area contributed by atoms with E-state index in [0.29, 0.717) is 23.0 Å². The van der Waals surface area contributed by atoms with Crippen LogP contribution in [0.25, 0.3) is 11.3 Å². The first-order chi connectivity index (χ1) is 15.2. The van der Waals surface area contributed by atoms with Gasteiger partial charge in [0.1, 0.15) is 23.1 Å². The van der Waals surface area contributed by atoms with E-state index in [9.17, 15) is 14.0 Å². The topological polar surface area (TPSA) is 92.4 Å². The number of nitrogens with one attached hydrogen (secondary N) is 3. The van der Waals surface area contributed by atoms with Gasteiger partial charge in [-0.3, -0.25) is 4.79 Å². The third-order valence-corrected chi connectivity index (χ3v) is 4.11. The Balaban J connectivity index is 1.58. The fraction of sp³-hybridized carbons (Fsp3) is 0.208. The maximum absolute atomic E-state index is 13.0. The molecule has 166 valence electrons. The number of benzene rings is 2. The van der Waals surface area contributed by atoms with Crippen molar-refractivity contribution >= 4 is 17.8 Å². The van der Waals surface area contributed by atoms with Crippen LogP contribution in [0.5, 0.6) is 11.5 Å². The molecule has 3 N–H and O–H groups in total. The van der Waals surface area contributed by atoms with E-state index in [1.807, 2.05) is 39.0 Å². The molecule has 3 amide bonds. The molecule has 0 spiro atoms. The Morgan fingerprint density at radius 3 is 2.19 bits per heavy atom. The van der Waals surface area contributed by atoms with Gasteiger partial charge in [0.25, 0.3) is 0 Å². The highest BCUT2D eigenvalue weighted by molar-refractivity contribution is 5.93. The maximum atomic E-state index is 13.0. The lowest BCUT2D eigenvalue weighted by Crippen LogP contribution is -2.48. The highest BCUT2D eigenvalue weighted by atomic mass is 19.1.